The molecule has 2 heteroatoms. The molecule has 1 aromatic heterocycles. The molecule has 0 N–H and O–H groups in total. The van der Waals surface area contributed by atoms with Crippen molar-refractivity contribution < 1.29 is 0 Å². The predicted octanol–water partition coefficient (Wildman–Crippen LogP) is 4.40. The number of aryl methyl sites for hydroxylation is 1. The first-order valence-electron chi connectivity index (χ1n) is 5.62. The van der Waals surface area contributed by atoms with Crippen molar-refractivity contribution in [1.82, 2.24) is 4.98 Å². The van der Waals surface area contributed by atoms with Crippen molar-refractivity contribution in [2.45, 2.75) is 27.2 Å². The number of hydrogen-bond acceptors (Lipinski definition) is 1. The minimum Gasteiger partial charge on any atom is -0.252 e. The van der Waals surface area contributed by atoms with Gasteiger partial charge in [-0.05, 0) is 30.9 Å². The van der Waals surface area contributed by atoms with Gasteiger partial charge in [-0.25, -0.2) is 0 Å². The van der Waals surface area contributed by atoms with Gasteiger partial charge in [-0.15, -0.1) is 0 Å². The number of hydrogen-bond donors (Lipinski definition) is 0. The second-order valence-electron chi connectivity index (χ2n) is 4.66. The lowest BCUT2D eigenvalue weighted by molar-refractivity contribution is 0.637. The molecule has 2 rings (SSSR count). The Hall–Kier alpha value is -1.08. The summed E-state index contributed by atoms with van der Waals surface area (Å²) in [4.78, 5) is 4.69. The molecule has 16 heavy (non-hydrogen) atoms. The Balaban J connectivity index is 2.61. The number of pyridine rings is 1. The highest BCUT2D eigenvalue weighted by Gasteiger charge is 2.07. The van der Waals surface area contributed by atoms with Crippen molar-refractivity contribution in [1.29, 1.82) is 0 Å². The maximum atomic E-state index is 6.28. The van der Waals surface area contributed by atoms with E-state index in [1.165, 1.54) is 5.56 Å². The molecule has 0 aliphatic heterocycles. The van der Waals surface area contributed by atoms with Crippen LogP contribution in [0.3, 0.4) is 0 Å². The second kappa shape index (κ2) is 4.42. The molecule has 2 aromatic rings. The Bertz CT molecular complexity index is 517. The van der Waals surface area contributed by atoms with Gasteiger partial charge in [0.1, 0.15) is 0 Å². The van der Waals surface area contributed by atoms with E-state index in [9.17, 15) is 0 Å². The molecule has 0 amide bonds. The zero-order chi connectivity index (χ0) is 11.7. The highest BCUT2D eigenvalue weighted by molar-refractivity contribution is 6.35. The van der Waals surface area contributed by atoms with Crippen molar-refractivity contribution in [3.63, 3.8) is 0 Å². The molecule has 0 radical (unpaired) electrons. The Kier molecular flexibility index (Phi) is 3.15. The van der Waals surface area contributed by atoms with E-state index in [1.54, 1.807) is 0 Å². The summed E-state index contributed by atoms with van der Waals surface area (Å²) in [5, 5.41) is 1.86. The number of halogens is 1. The van der Waals surface area contributed by atoms with Gasteiger partial charge >= 0.3 is 0 Å². The van der Waals surface area contributed by atoms with Crippen molar-refractivity contribution >= 4 is 22.5 Å². The maximum absolute atomic E-state index is 6.28. The van der Waals surface area contributed by atoms with E-state index in [-0.39, 0.29) is 0 Å². The third-order valence-corrected chi connectivity index (χ3v) is 2.97. The Morgan fingerprint density at radius 3 is 2.75 bits per heavy atom. The molecule has 0 atom stereocenters. The average molecular weight is 234 g/mol. The minimum atomic E-state index is 0.602. The third-order valence-electron chi connectivity index (χ3n) is 2.66. The zero-order valence-corrected chi connectivity index (χ0v) is 10.7. The van der Waals surface area contributed by atoms with Gasteiger partial charge in [0.05, 0.1) is 10.5 Å². The van der Waals surface area contributed by atoms with Gasteiger partial charge in [-0.2, -0.15) is 0 Å². The summed E-state index contributed by atoms with van der Waals surface area (Å²) in [5.74, 6) is 0.602. The molecule has 0 saturated carbocycles. The van der Waals surface area contributed by atoms with E-state index in [2.05, 4.69) is 26.8 Å². The summed E-state index contributed by atoms with van der Waals surface area (Å²) in [6.45, 7) is 6.46. The molecule has 0 unspecified atom stereocenters. The summed E-state index contributed by atoms with van der Waals surface area (Å²) < 4.78 is 0. The van der Waals surface area contributed by atoms with Crippen LogP contribution in [0.4, 0.5) is 0 Å². The van der Waals surface area contributed by atoms with Crippen LogP contribution in [-0.4, -0.2) is 4.98 Å². The first-order chi connectivity index (χ1) is 7.58. The van der Waals surface area contributed by atoms with Gasteiger partial charge in [0.25, 0.3) is 0 Å². The van der Waals surface area contributed by atoms with E-state index in [1.807, 2.05) is 18.2 Å². The molecule has 1 heterocycles. The van der Waals surface area contributed by atoms with E-state index < -0.39 is 0 Å². The summed E-state index contributed by atoms with van der Waals surface area (Å²) in [5.41, 5.74) is 3.30. The number of fused-ring (bicyclic) bond motifs is 1. The lowest BCUT2D eigenvalue weighted by atomic mass is 10.1. The summed E-state index contributed by atoms with van der Waals surface area (Å²) >= 11 is 6.28. The molecular formula is C14H16ClN. The third kappa shape index (κ3) is 2.19. The van der Waals surface area contributed by atoms with Crippen molar-refractivity contribution in [2.24, 2.45) is 5.92 Å². The molecule has 0 aliphatic carbocycles. The highest BCUT2D eigenvalue weighted by Crippen LogP contribution is 2.26. The molecule has 84 valence electrons. The lowest BCUT2D eigenvalue weighted by Gasteiger charge is -2.08. The normalized spacial score (nSPS) is 11.3. The van der Waals surface area contributed by atoms with Crippen LogP contribution in [0.2, 0.25) is 5.02 Å². The molecule has 0 spiro atoms. The Morgan fingerprint density at radius 1 is 1.31 bits per heavy atom. The fourth-order valence-corrected chi connectivity index (χ4v) is 2.20. The number of nitrogens with zero attached hydrogens (tertiary/aromatic N) is 1. The molecule has 1 aromatic carbocycles. The monoisotopic (exact) mass is 233 g/mol. The number of rotatable bonds is 2. The van der Waals surface area contributed by atoms with E-state index in [0.29, 0.717) is 5.92 Å². The second-order valence-corrected chi connectivity index (χ2v) is 5.07. The number of benzene rings is 1. The summed E-state index contributed by atoms with van der Waals surface area (Å²) in [7, 11) is 0. The molecule has 0 saturated heterocycles. The first kappa shape index (κ1) is 11.4. The highest BCUT2D eigenvalue weighted by atomic mass is 35.5. The predicted molar refractivity (Wildman–Crippen MR) is 70.0 cm³/mol. The van der Waals surface area contributed by atoms with Gasteiger partial charge < -0.3 is 0 Å². The van der Waals surface area contributed by atoms with Gasteiger partial charge in [0, 0.05) is 11.1 Å². The van der Waals surface area contributed by atoms with Gasteiger partial charge in [0.2, 0.25) is 0 Å². The minimum absolute atomic E-state index is 0.602. The quantitative estimate of drug-likeness (QED) is 0.750. The SMILES string of the molecule is Cc1cccc2c(Cl)cc(CC(C)C)nc12. The average Bonchev–Trinajstić information content (AvgIpc) is 2.19. The van der Waals surface area contributed by atoms with E-state index in [4.69, 9.17) is 16.6 Å². The standard InChI is InChI=1S/C14H16ClN/c1-9(2)7-11-8-13(15)12-6-4-5-10(3)14(12)16-11/h4-6,8-9H,7H2,1-3H3. The fraction of sp³-hybridized carbons (Fsp3) is 0.357. The smallest absolute Gasteiger partial charge is 0.0749 e. The van der Waals surface area contributed by atoms with Gasteiger partial charge in [-0.3, -0.25) is 4.98 Å². The molecule has 0 fully saturated rings. The summed E-state index contributed by atoms with van der Waals surface area (Å²) in [6, 6.07) is 8.11. The van der Waals surface area contributed by atoms with Crippen LogP contribution in [-0.2, 0) is 6.42 Å². The molecule has 0 aliphatic rings. The van der Waals surface area contributed by atoms with Crippen LogP contribution >= 0.6 is 11.6 Å². The molecule has 0 bridgehead atoms. The topological polar surface area (TPSA) is 12.9 Å². The van der Waals surface area contributed by atoms with Crippen molar-refractivity contribution in [3.8, 4) is 0 Å². The Morgan fingerprint density at radius 2 is 2.06 bits per heavy atom. The van der Waals surface area contributed by atoms with Crippen LogP contribution in [0, 0.1) is 12.8 Å². The maximum Gasteiger partial charge on any atom is 0.0749 e. The molecule has 1 nitrogen and oxygen atoms in total. The lowest BCUT2D eigenvalue weighted by Crippen LogP contribution is -1.98. The summed E-state index contributed by atoms with van der Waals surface area (Å²) in [6.07, 6.45) is 0.976. The zero-order valence-electron chi connectivity index (χ0n) is 9.92. The largest absolute Gasteiger partial charge is 0.252 e. The van der Waals surface area contributed by atoms with Gasteiger partial charge in [-0.1, -0.05) is 43.6 Å². The van der Waals surface area contributed by atoms with Crippen LogP contribution in [0.1, 0.15) is 25.1 Å². The van der Waals surface area contributed by atoms with Crippen molar-refractivity contribution in [2.75, 3.05) is 0 Å². The van der Waals surface area contributed by atoms with Crippen LogP contribution in [0.25, 0.3) is 10.9 Å². The van der Waals surface area contributed by atoms with Crippen molar-refractivity contribution in [3.05, 3.63) is 40.5 Å². The van der Waals surface area contributed by atoms with E-state index in [0.717, 1.165) is 28.0 Å². The number of aromatic nitrogens is 1. The van der Waals surface area contributed by atoms with E-state index >= 15 is 0 Å². The van der Waals surface area contributed by atoms with Crippen LogP contribution in [0.15, 0.2) is 24.3 Å². The molecular weight excluding hydrogens is 218 g/mol. The van der Waals surface area contributed by atoms with Gasteiger partial charge in [0.15, 0.2) is 0 Å². The number of para-hydroxylation sites is 1. The van der Waals surface area contributed by atoms with Crippen LogP contribution < -0.4 is 0 Å². The Labute approximate surface area is 101 Å². The fourth-order valence-electron chi connectivity index (χ4n) is 1.92. The van der Waals surface area contributed by atoms with Crippen LogP contribution in [0.5, 0.6) is 0 Å². The first-order valence-corrected chi connectivity index (χ1v) is 6.00.